The van der Waals surface area contributed by atoms with Gasteiger partial charge in [-0.3, -0.25) is 4.79 Å². The molecule has 0 radical (unpaired) electrons. The second kappa shape index (κ2) is 8.23. The number of aromatic nitrogens is 3. The van der Waals surface area contributed by atoms with E-state index in [1.807, 2.05) is 14.0 Å². The third-order valence-corrected chi connectivity index (χ3v) is 2.90. The first-order chi connectivity index (χ1) is 10.0. The minimum absolute atomic E-state index is 0.0211. The summed E-state index contributed by atoms with van der Waals surface area (Å²) >= 11 is 0. The Morgan fingerprint density at radius 2 is 2.10 bits per heavy atom. The molecule has 1 aromatic heterocycles. The number of hydrogen-bond donors (Lipinski definition) is 2. The Morgan fingerprint density at radius 1 is 1.38 bits per heavy atom. The van der Waals surface area contributed by atoms with E-state index in [-0.39, 0.29) is 17.8 Å². The van der Waals surface area contributed by atoms with Gasteiger partial charge < -0.3 is 20.3 Å². The summed E-state index contributed by atoms with van der Waals surface area (Å²) in [7, 11) is 4.96. The molecule has 8 heteroatoms. The molecule has 0 saturated carbocycles. The van der Waals surface area contributed by atoms with Gasteiger partial charge in [0.05, 0.1) is 13.0 Å². The number of methoxy groups -OCH3 is 1. The van der Waals surface area contributed by atoms with Gasteiger partial charge in [0.1, 0.15) is 0 Å². The van der Waals surface area contributed by atoms with Crippen LogP contribution >= 0.6 is 0 Å². The number of anilines is 2. The highest BCUT2D eigenvalue weighted by atomic mass is 16.5. The Bertz CT molecular complexity index is 468. The van der Waals surface area contributed by atoms with E-state index in [2.05, 4.69) is 32.5 Å². The lowest BCUT2D eigenvalue weighted by molar-refractivity contribution is -0.123. The first-order valence-corrected chi connectivity index (χ1v) is 6.98. The van der Waals surface area contributed by atoms with Crippen molar-refractivity contribution in [2.75, 3.05) is 44.5 Å². The van der Waals surface area contributed by atoms with E-state index in [0.717, 1.165) is 13.0 Å². The summed E-state index contributed by atoms with van der Waals surface area (Å²) in [6, 6.07) is 0.248. The van der Waals surface area contributed by atoms with Gasteiger partial charge in [-0.15, -0.1) is 0 Å². The van der Waals surface area contributed by atoms with Crippen molar-refractivity contribution in [3.8, 4) is 6.01 Å². The van der Waals surface area contributed by atoms with Crippen molar-refractivity contribution in [2.45, 2.75) is 20.3 Å². The molecule has 1 amide bonds. The van der Waals surface area contributed by atoms with Gasteiger partial charge in [-0.1, -0.05) is 13.8 Å². The lowest BCUT2D eigenvalue weighted by Gasteiger charge is -2.21. The smallest absolute Gasteiger partial charge is 0.322 e. The van der Waals surface area contributed by atoms with Crippen LogP contribution in [0.2, 0.25) is 0 Å². The molecule has 2 N–H and O–H groups in total. The fourth-order valence-electron chi connectivity index (χ4n) is 1.75. The summed E-state index contributed by atoms with van der Waals surface area (Å²) in [5.41, 5.74) is 0. The Hall–Kier alpha value is -2.12. The predicted octanol–water partition coefficient (Wildman–Crippen LogP) is 0.520. The lowest BCUT2D eigenvalue weighted by atomic mass is 10.1. The van der Waals surface area contributed by atoms with Crippen molar-refractivity contribution in [2.24, 2.45) is 5.92 Å². The van der Waals surface area contributed by atoms with Crippen LogP contribution in [0.4, 0.5) is 11.9 Å². The van der Waals surface area contributed by atoms with Crippen molar-refractivity contribution in [1.29, 1.82) is 0 Å². The zero-order valence-corrected chi connectivity index (χ0v) is 13.3. The molecule has 1 atom stereocenters. The molecule has 1 heterocycles. The number of carbonyl (C=O) groups is 1. The SMILES string of the molecule is CCCNc1nc(OC)nc(N(C)CC(C)C(=O)NC)n1. The second-order valence-corrected chi connectivity index (χ2v) is 4.77. The molecule has 118 valence electrons. The first-order valence-electron chi connectivity index (χ1n) is 6.98. The Morgan fingerprint density at radius 3 is 2.67 bits per heavy atom. The number of rotatable bonds is 8. The predicted molar refractivity (Wildman–Crippen MR) is 81.7 cm³/mol. The topological polar surface area (TPSA) is 92.3 Å². The van der Waals surface area contributed by atoms with Gasteiger partial charge in [-0.25, -0.2) is 0 Å². The molecule has 0 aliphatic carbocycles. The average Bonchev–Trinajstić information content (AvgIpc) is 2.51. The van der Waals surface area contributed by atoms with E-state index >= 15 is 0 Å². The van der Waals surface area contributed by atoms with Crippen molar-refractivity contribution in [1.82, 2.24) is 20.3 Å². The van der Waals surface area contributed by atoms with E-state index in [1.54, 1.807) is 11.9 Å². The van der Waals surface area contributed by atoms with Gasteiger partial charge in [-0.2, -0.15) is 15.0 Å². The number of nitrogens with zero attached hydrogens (tertiary/aromatic N) is 4. The standard InChI is InChI=1S/C13H24N6O2/c1-6-7-15-11-16-12(18-13(17-11)21-5)19(4)8-9(2)10(20)14-3/h9H,6-8H2,1-5H3,(H,14,20)(H,15,16,17,18). The number of amides is 1. The molecule has 0 aromatic carbocycles. The molecular formula is C13H24N6O2. The van der Waals surface area contributed by atoms with Gasteiger partial charge >= 0.3 is 6.01 Å². The van der Waals surface area contributed by atoms with Crippen molar-refractivity contribution in [3.63, 3.8) is 0 Å². The van der Waals surface area contributed by atoms with Crippen LogP contribution in [0.3, 0.4) is 0 Å². The van der Waals surface area contributed by atoms with Crippen LogP contribution in [0.15, 0.2) is 0 Å². The fourth-order valence-corrected chi connectivity index (χ4v) is 1.75. The first kappa shape index (κ1) is 16.9. The highest BCUT2D eigenvalue weighted by molar-refractivity contribution is 5.78. The van der Waals surface area contributed by atoms with E-state index in [0.29, 0.717) is 18.4 Å². The second-order valence-electron chi connectivity index (χ2n) is 4.77. The summed E-state index contributed by atoms with van der Waals surface area (Å²) in [4.78, 5) is 26.1. The monoisotopic (exact) mass is 296 g/mol. The Balaban J connectivity index is 2.86. The van der Waals surface area contributed by atoms with Gasteiger partial charge in [0.2, 0.25) is 17.8 Å². The molecule has 0 saturated heterocycles. The van der Waals surface area contributed by atoms with Gasteiger partial charge in [0.15, 0.2) is 0 Å². The number of ether oxygens (including phenoxy) is 1. The molecular weight excluding hydrogens is 272 g/mol. The van der Waals surface area contributed by atoms with Crippen LogP contribution in [0, 0.1) is 5.92 Å². The minimum atomic E-state index is -0.171. The number of nitrogens with one attached hydrogen (secondary N) is 2. The van der Waals surface area contributed by atoms with Gasteiger partial charge in [0.25, 0.3) is 0 Å². The Labute approximate surface area is 125 Å². The average molecular weight is 296 g/mol. The van der Waals surface area contributed by atoms with E-state index < -0.39 is 0 Å². The van der Waals surface area contributed by atoms with Crippen molar-refractivity contribution < 1.29 is 9.53 Å². The Kier molecular flexibility index (Phi) is 6.64. The van der Waals surface area contributed by atoms with Crippen LogP contribution in [0.25, 0.3) is 0 Å². The van der Waals surface area contributed by atoms with E-state index in [9.17, 15) is 4.79 Å². The van der Waals surface area contributed by atoms with E-state index in [4.69, 9.17) is 4.74 Å². The maximum absolute atomic E-state index is 11.6. The minimum Gasteiger partial charge on any atom is -0.467 e. The molecule has 0 bridgehead atoms. The third kappa shape index (κ3) is 5.05. The molecule has 0 fully saturated rings. The van der Waals surface area contributed by atoms with E-state index in [1.165, 1.54) is 7.11 Å². The van der Waals surface area contributed by atoms with Crippen LogP contribution in [0.5, 0.6) is 6.01 Å². The van der Waals surface area contributed by atoms with Gasteiger partial charge in [-0.05, 0) is 6.42 Å². The largest absolute Gasteiger partial charge is 0.467 e. The molecule has 0 aliphatic rings. The molecule has 0 spiro atoms. The molecule has 1 aromatic rings. The van der Waals surface area contributed by atoms with Crippen LogP contribution < -0.4 is 20.3 Å². The van der Waals surface area contributed by atoms with Gasteiger partial charge in [0, 0.05) is 27.2 Å². The number of hydrogen-bond acceptors (Lipinski definition) is 7. The summed E-state index contributed by atoms with van der Waals surface area (Å²) in [5.74, 6) is 0.747. The quantitative estimate of drug-likeness (QED) is 0.722. The fraction of sp³-hybridized carbons (Fsp3) is 0.692. The van der Waals surface area contributed by atoms with Crippen LogP contribution in [-0.2, 0) is 4.79 Å². The molecule has 0 aliphatic heterocycles. The summed E-state index contributed by atoms with van der Waals surface area (Å²) in [6.45, 7) is 5.18. The van der Waals surface area contributed by atoms with Crippen LogP contribution in [-0.4, -0.2) is 55.2 Å². The summed E-state index contributed by atoms with van der Waals surface area (Å²) < 4.78 is 5.09. The third-order valence-electron chi connectivity index (χ3n) is 2.90. The molecule has 21 heavy (non-hydrogen) atoms. The summed E-state index contributed by atoms with van der Waals surface area (Å²) in [5, 5.41) is 5.73. The maximum atomic E-state index is 11.6. The zero-order valence-electron chi connectivity index (χ0n) is 13.3. The van der Waals surface area contributed by atoms with Crippen molar-refractivity contribution >= 4 is 17.8 Å². The highest BCUT2D eigenvalue weighted by Gasteiger charge is 2.17. The molecule has 8 nitrogen and oxygen atoms in total. The van der Waals surface area contributed by atoms with Crippen LogP contribution in [0.1, 0.15) is 20.3 Å². The lowest BCUT2D eigenvalue weighted by Crippen LogP contribution is -2.35. The molecule has 1 unspecified atom stereocenters. The normalized spacial score (nSPS) is 11.7. The molecule has 1 rings (SSSR count). The zero-order chi connectivity index (χ0) is 15.8. The highest BCUT2D eigenvalue weighted by Crippen LogP contribution is 2.15. The maximum Gasteiger partial charge on any atom is 0.322 e. The van der Waals surface area contributed by atoms with Crippen molar-refractivity contribution in [3.05, 3.63) is 0 Å². The summed E-state index contributed by atoms with van der Waals surface area (Å²) in [6.07, 6.45) is 0.965. The number of carbonyl (C=O) groups excluding carboxylic acids is 1.